The number of alkyl carbamates (subject to hydrolysis) is 1. The van der Waals surface area contributed by atoms with E-state index in [0.29, 0.717) is 18.7 Å². The lowest BCUT2D eigenvalue weighted by atomic mass is 9.79. The molecule has 0 aromatic heterocycles. The minimum Gasteiger partial charge on any atom is -0.489 e. The third-order valence-corrected chi connectivity index (χ3v) is 6.24. The van der Waals surface area contributed by atoms with Crippen LogP contribution in [0, 0.1) is 0 Å². The highest BCUT2D eigenvalue weighted by Crippen LogP contribution is 2.36. The largest absolute Gasteiger partial charge is 0.494 e. The maximum atomic E-state index is 12.5. The Morgan fingerprint density at radius 3 is 2.18 bits per heavy atom. The Morgan fingerprint density at radius 2 is 1.62 bits per heavy atom. The van der Waals surface area contributed by atoms with E-state index in [-0.39, 0.29) is 6.61 Å². The monoisotopic (exact) mass is 465 g/mol. The van der Waals surface area contributed by atoms with E-state index in [1.165, 1.54) is 0 Å². The quantitative estimate of drug-likeness (QED) is 0.416. The van der Waals surface area contributed by atoms with Crippen molar-refractivity contribution in [2.45, 2.75) is 71.3 Å². The molecule has 1 atom stereocenters. The third-order valence-electron chi connectivity index (χ3n) is 6.24. The Kier molecular flexibility index (Phi) is 7.79. The third kappa shape index (κ3) is 6.64. The van der Waals surface area contributed by atoms with Crippen molar-refractivity contribution >= 4 is 18.7 Å². The minimum absolute atomic E-state index is 0.189. The lowest BCUT2D eigenvalue weighted by Crippen LogP contribution is -2.41. The molecule has 0 bridgehead atoms. The van der Waals surface area contributed by atoms with Gasteiger partial charge < -0.3 is 24.1 Å². The molecule has 1 aliphatic heterocycles. The molecule has 0 unspecified atom stereocenters. The molecular formula is C27H36BNO5. The summed E-state index contributed by atoms with van der Waals surface area (Å²) in [6, 6.07) is 17.3. The van der Waals surface area contributed by atoms with E-state index in [9.17, 15) is 4.79 Å². The number of carbonyl (C=O) groups excluding carboxylic acids is 1. The molecule has 3 rings (SSSR count). The fraction of sp³-hybridized carbons (Fsp3) is 0.444. The molecule has 1 saturated heterocycles. The molecule has 182 valence electrons. The average molecular weight is 465 g/mol. The van der Waals surface area contributed by atoms with Gasteiger partial charge in [0.25, 0.3) is 0 Å². The molecule has 7 heteroatoms. The van der Waals surface area contributed by atoms with Gasteiger partial charge in [0, 0.05) is 13.0 Å². The molecule has 0 saturated carbocycles. The smallest absolute Gasteiger partial charge is 0.489 e. The fourth-order valence-corrected chi connectivity index (χ4v) is 3.72. The number of carbonyl (C=O) groups is 1. The average Bonchev–Trinajstić information content (AvgIpc) is 2.98. The maximum Gasteiger partial charge on any atom is 0.494 e. The Labute approximate surface area is 203 Å². The number of ether oxygens (including phenoxy) is 2. The summed E-state index contributed by atoms with van der Waals surface area (Å²) in [5.41, 5.74) is 1.17. The van der Waals surface area contributed by atoms with Crippen LogP contribution in [-0.2, 0) is 20.6 Å². The number of hydrogen-bond acceptors (Lipinski definition) is 5. The van der Waals surface area contributed by atoms with Gasteiger partial charge >= 0.3 is 13.2 Å². The molecule has 1 fully saturated rings. The molecule has 1 aliphatic rings. The van der Waals surface area contributed by atoms with E-state index >= 15 is 0 Å². The van der Waals surface area contributed by atoms with Crippen molar-refractivity contribution in [1.82, 2.24) is 5.32 Å². The molecule has 2 aromatic carbocycles. The summed E-state index contributed by atoms with van der Waals surface area (Å²) in [4.78, 5) is 12.5. The molecule has 0 radical (unpaired) electrons. The van der Waals surface area contributed by atoms with Crippen molar-refractivity contribution in [2.24, 2.45) is 0 Å². The van der Waals surface area contributed by atoms with Gasteiger partial charge in [-0.15, -0.1) is 0 Å². The summed E-state index contributed by atoms with van der Waals surface area (Å²) in [7, 11) is -0.427. The Morgan fingerprint density at radius 1 is 1.03 bits per heavy atom. The van der Waals surface area contributed by atoms with Crippen LogP contribution >= 0.6 is 0 Å². The first-order chi connectivity index (χ1) is 15.9. The van der Waals surface area contributed by atoms with E-state index in [4.69, 9.17) is 18.8 Å². The molecule has 1 amide bonds. The van der Waals surface area contributed by atoms with Crippen LogP contribution in [0.3, 0.4) is 0 Å². The lowest BCUT2D eigenvalue weighted by molar-refractivity contribution is -0.00895. The number of benzene rings is 2. The summed E-state index contributed by atoms with van der Waals surface area (Å²) in [5, 5.41) is 2.80. The van der Waals surface area contributed by atoms with Crippen LogP contribution in [0.1, 0.15) is 53.5 Å². The van der Waals surface area contributed by atoms with Gasteiger partial charge in [0.15, 0.2) is 0 Å². The van der Waals surface area contributed by atoms with Crippen molar-refractivity contribution in [1.29, 1.82) is 0 Å². The number of nitrogens with one attached hydrogen (secondary N) is 1. The van der Waals surface area contributed by atoms with Crippen LogP contribution in [0.5, 0.6) is 5.75 Å². The van der Waals surface area contributed by atoms with Gasteiger partial charge in [-0.25, -0.2) is 4.79 Å². The lowest BCUT2D eigenvalue weighted by Gasteiger charge is -2.32. The minimum atomic E-state index is -0.864. The first kappa shape index (κ1) is 25.9. The van der Waals surface area contributed by atoms with Crippen molar-refractivity contribution in [3.05, 3.63) is 72.3 Å². The zero-order chi connectivity index (χ0) is 25.0. The molecule has 1 N–H and O–H groups in total. The number of hydrogen-bond donors (Lipinski definition) is 1. The molecule has 2 aromatic rings. The number of amides is 1. The van der Waals surface area contributed by atoms with Crippen LogP contribution in [0.4, 0.5) is 4.79 Å². The highest BCUT2D eigenvalue weighted by molar-refractivity contribution is 6.62. The second-order valence-corrected chi connectivity index (χ2v) is 10.3. The summed E-state index contributed by atoms with van der Waals surface area (Å²) in [5.74, 6) is 0.668. The van der Waals surface area contributed by atoms with E-state index in [1.54, 1.807) is 0 Å². The molecule has 0 spiro atoms. The Balaban J connectivity index is 1.58. The van der Waals surface area contributed by atoms with Crippen LogP contribution in [0.15, 0.2) is 66.7 Å². The van der Waals surface area contributed by atoms with Gasteiger partial charge in [0.05, 0.1) is 11.2 Å². The van der Waals surface area contributed by atoms with Gasteiger partial charge in [-0.3, -0.25) is 0 Å². The molecule has 0 aliphatic carbocycles. The first-order valence-electron chi connectivity index (χ1n) is 11.6. The predicted molar refractivity (Wildman–Crippen MR) is 135 cm³/mol. The zero-order valence-corrected chi connectivity index (χ0v) is 21.1. The summed E-state index contributed by atoms with van der Waals surface area (Å²) in [6.45, 7) is 16.4. The van der Waals surface area contributed by atoms with Gasteiger partial charge in [-0.2, -0.15) is 0 Å². The molecule has 1 heterocycles. The van der Waals surface area contributed by atoms with Crippen LogP contribution in [0.2, 0.25) is 0 Å². The second-order valence-electron chi connectivity index (χ2n) is 10.3. The standard InChI is InChI=1S/C27H36BNO5/c1-20(2)17-27(7,32-24(30)29-18-21-11-9-8-10-12-21)19-31-23-15-13-22(14-16-23)28-33-25(3,4)26(5,6)34-28/h8-16H,1,17-19H2,2-7H3,(H,29,30)/t27-/m0/s1. The van der Waals surface area contributed by atoms with Gasteiger partial charge in [0.2, 0.25) is 0 Å². The highest BCUT2D eigenvalue weighted by Gasteiger charge is 2.51. The van der Waals surface area contributed by atoms with Crippen molar-refractivity contribution in [3.63, 3.8) is 0 Å². The first-order valence-corrected chi connectivity index (χ1v) is 11.6. The van der Waals surface area contributed by atoms with E-state index in [1.807, 2.05) is 96.1 Å². The molecular weight excluding hydrogens is 429 g/mol. The fourth-order valence-electron chi connectivity index (χ4n) is 3.72. The SMILES string of the molecule is C=C(C)C[C@@](C)(COc1ccc(B2OC(C)(C)C(C)(C)O2)cc1)OC(=O)NCc1ccccc1. The Bertz CT molecular complexity index is 974. The second kappa shape index (κ2) is 10.2. The van der Waals surface area contributed by atoms with Crippen LogP contribution in [-0.4, -0.2) is 36.6 Å². The predicted octanol–water partition coefficient (Wildman–Crippen LogP) is 5.02. The van der Waals surface area contributed by atoms with E-state index < -0.39 is 30.0 Å². The van der Waals surface area contributed by atoms with Gasteiger partial charge in [-0.1, -0.05) is 54.6 Å². The van der Waals surface area contributed by atoms with Crippen molar-refractivity contribution in [2.75, 3.05) is 6.61 Å². The number of rotatable bonds is 9. The Hall–Kier alpha value is -2.77. The van der Waals surface area contributed by atoms with E-state index in [0.717, 1.165) is 16.6 Å². The topological polar surface area (TPSA) is 66.0 Å². The normalized spacial score (nSPS) is 18.1. The summed E-state index contributed by atoms with van der Waals surface area (Å²) >= 11 is 0. The molecule has 34 heavy (non-hydrogen) atoms. The highest BCUT2D eigenvalue weighted by atomic mass is 16.7. The zero-order valence-electron chi connectivity index (χ0n) is 21.1. The van der Waals surface area contributed by atoms with Crippen molar-refractivity contribution < 1.29 is 23.6 Å². The van der Waals surface area contributed by atoms with Gasteiger partial charge in [0.1, 0.15) is 18.0 Å². The maximum absolute atomic E-state index is 12.5. The van der Waals surface area contributed by atoms with E-state index in [2.05, 4.69) is 11.9 Å². The van der Waals surface area contributed by atoms with Gasteiger partial charge in [-0.05, 0) is 64.7 Å². The van der Waals surface area contributed by atoms with Crippen LogP contribution in [0.25, 0.3) is 0 Å². The summed E-state index contributed by atoms with van der Waals surface area (Å²) in [6.07, 6.45) is -0.00934. The summed E-state index contributed by atoms with van der Waals surface area (Å²) < 4.78 is 24.0. The molecule has 6 nitrogen and oxygen atoms in total. The van der Waals surface area contributed by atoms with Crippen molar-refractivity contribution in [3.8, 4) is 5.75 Å². The van der Waals surface area contributed by atoms with Crippen LogP contribution < -0.4 is 15.5 Å².